The summed E-state index contributed by atoms with van der Waals surface area (Å²) in [5, 5.41) is 13.2. The van der Waals surface area contributed by atoms with Crippen LogP contribution >= 0.6 is 15.9 Å². The van der Waals surface area contributed by atoms with Gasteiger partial charge in [0.25, 0.3) is 18.3 Å². The molecule has 14 heteroatoms. The minimum absolute atomic E-state index is 0.111. The first-order chi connectivity index (χ1) is 19.9. The average Bonchev–Trinajstić information content (AvgIpc) is 3.27. The number of pyridine rings is 1. The Balaban J connectivity index is 1.74. The molecule has 0 saturated carbocycles. The van der Waals surface area contributed by atoms with Crippen molar-refractivity contribution in [1.29, 1.82) is 0 Å². The summed E-state index contributed by atoms with van der Waals surface area (Å²) in [5.74, 6) is -6.37. The molecule has 0 aliphatic heterocycles. The Kier molecular flexibility index (Phi) is 9.09. The van der Waals surface area contributed by atoms with Crippen molar-refractivity contribution >= 4 is 21.7 Å². The highest BCUT2D eigenvalue weighted by Gasteiger charge is 2.55. The second-order valence-electron chi connectivity index (χ2n) is 10.8. The third-order valence-electron chi connectivity index (χ3n) is 6.61. The predicted octanol–water partition coefficient (Wildman–Crippen LogP) is 7.34. The number of ketones is 1. The number of aliphatic hydroxyl groups is 1. The molecule has 0 unspecified atom stereocenters. The van der Waals surface area contributed by atoms with Gasteiger partial charge in [-0.25, -0.2) is 31.3 Å². The van der Waals surface area contributed by atoms with Gasteiger partial charge < -0.3 is 5.11 Å². The van der Waals surface area contributed by atoms with Crippen LogP contribution in [0.15, 0.2) is 34.8 Å². The Morgan fingerprint density at radius 3 is 2.30 bits per heavy atom. The number of alkyl halides is 6. The molecule has 0 radical (unpaired) electrons. The Bertz CT molecular complexity index is 1590. The van der Waals surface area contributed by atoms with Crippen LogP contribution in [0.1, 0.15) is 79.4 Å². The van der Waals surface area contributed by atoms with Crippen LogP contribution in [0.5, 0.6) is 0 Å². The van der Waals surface area contributed by atoms with Gasteiger partial charge in [0.05, 0.1) is 11.3 Å². The maximum atomic E-state index is 14.8. The molecule has 1 aromatic carbocycles. The first-order valence-electron chi connectivity index (χ1n) is 12.9. The Morgan fingerprint density at radius 2 is 1.70 bits per heavy atom. The van der Waals surface area contributed by atoms with Gasteiger partial charge in [-0.15, -0.1) is 0 Å². The number of rotatable bonds is 8. The second kappa shape index (κ2) is 12.0. The highest BCUT2D eigenvalue weighted by molar-refractivity contribution is 9.10. The number of benzene rings is 1. The molecule has 0 bridgehead atoms. The average molecular weight is 678 g/mol. The molecule has 3 aromatic rings. The van der Waals surface area contributed by atoms with E-state index < -0.39 is 90.0 Å². The van der Waals surface area contributed by atoms with E-state index >= 15 is 0 Å². The summed E-state index contributed by atoms with van der Waals surface area (Å²) in [5.41, 5.74) is -5.48. The van der Waals surface area contributed by atoms with Crippen LogP contribution in [0.4, 0.5) is 35.1 Å². The first kappa shape index (κ1) is 32.6. The summed E-state index contributed by atoms with van der Waals surface area (Å²) in [6, 6.07) is 5.71. The van der Waals surface area contributed by atoms with Gasteiger partial charge in [0.2, 0.25) is 0 Å². The zero-order valence-corrected chi connectivity index (χ0v) is 24.3. The fraction of sp³-hybridized carbons (Fsp3) is 0.414. The van der Waals surface area contributed by atoms with Gasteiger partial charge in [-0.3, -0.25) is 9.48 Å². The first-order valence-corrected chi connectivity index (χ1v) is 13.7. The van der Waals surface area contributed by atoms with Crippen LogP contribution in [-0.2, 0) is 29.6 Å². The van der Waals surface area contributed by atoms with Gasteiger partial charge >= 0.3 is 0 Å². The smallest absolute Gasteiger partial charge is 0.290 e. The number of Topliss-reactive ketones (excluding diaryl/α,β-unsaturated/α-hetero) is 1. The minimum atomic E-state index is -4.01. The fourth-order valence-electron chi connectivity index (χ4n) is 4.85. The monoisotopic (exact) mass is 677 g/mol. The van der Waals surface area contributed by atoms with E-state index in [2.05, 4.69) is 37.9 Å². The number of halogens is 9. The molecule has 1 atom stereocenters. The number of hydrogen-bond donors (Lipinski definition) is 1. The summed E-state index contributed by atoms with van der Waals surface area (Å²) >= 11 is 3.31. The van der Waals surface area contributed by atoms with E-state index in [0.29, 0.717) is 10.5 Å². The van der Waals surface area contributed by atoms with E-state index in [1.165, 1.54) is 26.0 Å². The van der Waals surface area contributed by atoms with Crippen LogP contribution < -0.4 is 0 Å². The van der Waals surface area contributed by atoms with Gasteiger partial charge in [-0.2, -0.15) is 13.9 Å². The summed E-state index contributed by atoms with van der Waals surface area (Å²) in [6.07, 6.45) is -7.04. The van der Waals surface area contributed by atoms with Crippen molar-refractivity contribution in [2.24, 2.45) is 0 Å². The lowest BCUT2D eigenvalue weighted by Gasteiger charge is -2.29. The molecular formula is C29H24BrF8N3O2. The number of aromatic nitrogens is 3. The zero-order chi connectivity index (χ0) is 31.9. The van der Waals surface area contributed by atoms with Crippen LogP contribution in [0, 0.1) is 23.5 Å². The number of carbonyl (C=O) groups is 1. The topological polar surface area (TPSA) is 68.0 Å². The summed E-state index contributed by atoms with van der Waals surface area (Å²) in [6.45, 7) is 1.82. The lowest BCUT2D eigenvalue weighted by atomic mass is 9.88. The van der Waals surface area contributed by atoms with E-state index in [9.17, 15) is 45.0 Å². The summed E-state index contributed by atoms with van der Waals surface area (Å²) in [7, 11) is 0. The van der Waals surface area contributed by atoms with Gasteiger partial charge in [0.1, 0.15) is 40.9 Å². The van der Waals surface area contributed by atoms with Crippen molar-refractivity contribution in [3.63, 3.8) is 0 Å². The van der Waals surface area contributed by atoms with E-state index in [0.717, 1.165) is 12.1 Å². The SMILES string of the molecule is CC(C)(O)C#Cc1ccc(Br)c([C@@H](CC(=O)Cn2nc(C(F)F)c3c2C(F)(F)CCC3(F)F)Cc2cc(F)cc(F)c2)n1. The molecule has 4 rings (SSSR count). The van der Waals surface area contributed by atoms with E-state index in [-0.39, 0.29) is 28.1 Å². The maximum Gasteiger partial charge on any atom is 0.290 e. The van der Waals surface area contributed by atoms with E-state index in [1.54, 1.807) is 0 Å². The van der Waals surface area contributed by atoms with Crippen molar-refractivity contribution in [3.8, 4) is 11.8 Å². The molecule has 1 aliphatic rings. The van der Waals surface area contributed by atoms with E-state index in [1.807, 2.05) is 0 Å². The molecule has 43 heavy (non-hydrogen) atoms. The van der Waals surface area contributed by atoms with Crippen molar-refractivity contribution < 1.29 is 45.0 Å². The molecule has 0 amide bonds. The predicted molar refractivity (Wildman–Crippen MR) is 142 cm³/mol. The number of fused-ring (bicyclic) bond motifs is 1. The van der Waals surface area contributed by atoms with Gasteiger partial charge in [0.15, 0.2) is 5.78 Å². The van der Waals surface area contributed by atoms with Crippen LogP contribution in [0.25, 0.3) is 0 Å². The third-order valence-corrected chi connectivity index (χ3v) is 7.28. The van der Waals surface area contributed by atoms with Crippen molar-refractivity contribution in [2.45, 2.75) is 75.9 Å². The van der Waals surface area contributed by atoms with Crippen molar-refractivity contribution in [2.75, 3.05) is 0 Å². The normalized spacial score (nSPS) is 16.4. The molecule has 0 saturated heterocycles. The van der Waals surface area contributed by atoms with Gasteiger partial charge in [-0.05, 0) is 71.9 Å². The third kappa shape index (κ3) is 7.62. The highest BCUT2D eigenvalue weighted by atomic mass is 79.9. The Labute approximate surface area is 249 Å². The Morgan fingerprint density at radius 1 is 1.07 bits per heavy atom. The molecule has 1 N–H and O–H groups in total. The zero-order valence-electron chi connectivity index (χ0n) is 22.7. The maximum absolute atomic E-state index is 14.8. The molecule has 2 aromatic heterocycles. The number of hydrogen-bond acceptors (Lipinski definition) is 4. The summed E-state index contributed by atoms with van der Waals surface area (Å²) in [4.78, 5) is 17.7. The van der Waals surface area contributed by atoms with Crippen LogP contribution in [0.3, 0.4) is 0 Å². The van der Waals surface area contributed by atoms with Gasteiger partial charge in [-0.1, -0.05) is 5.92 Å². The standard InChI is InChI=1S/C29H24BrF8N3O2/c1-27(2,43)6-5-19-3-4-21(30)23(39-19)16(9-15-10-17(31)13-18(32)11-15)12-20(42)14-41-25-22(24(40-41)26(33)34)28(35,36)7-8-29(25,37)38/h3-4,10-11,13,16,26,43H,7-9,12,14H2,1-2H3/t16-/m1/s1. The Hall–Kier alpha value is -3.31. The summed E-state index contributed by atoms with van der Waals surface area (Å²) < 4.78 is 114. The molecule has 0 fully saturated rings. The van der Waals surface area contributed by atoms with Crippen molar-refractivity contribution in [1.82, 2.24) is 14.8 Å². The molecule has 1 aliphatic carbocycles. The fourth-order valence-corrected chi connectivity index (χ4v) is 5.40. The molecule has 230 valence electrons. The molecule has 2 heterocycles. The quantitative estimate of drug-likeness (QED) is 0.200. The van der Waals surface area contributed by atoms with E-state index in [4.69, 9.17) is 0 Å². The largest absolute Gasteiger partial charge is 0.378 e. The number of carbonyl (C=O) groups excluding carboxylic acids is 1. The van der Waals surface area contributed by atoms with Crippen molar-refractivity contribution in [3.05, 3.63) is 80.3 Å². The molecule has 5 nitrogen and oxygen atoms in total. The number of nitrogens with zero attached hydrogens (tertiary/aromatic N) is 3. The minimum Gasteiger partial charge on any atom is -0.378 e. The van der Waals surface area contributed by atoms with Gasteiger partial charge in [0, 0.05) is 35.7 Å². The highest BCUT2D eigenvalue weighted by Crippen LogP contribution is 2.52. The molecule has 0 spiro atoms. The lowest BCUT2D eigenvalue weighted by Crippen LogP contribution is -2.33. The van der Waals surface area contributed by atoms with Crippen LogP contribution in [0.2, 0.25) is 0 Å². The molecular weight excluding hydrogens is 654 g/mol. The van der Waals surface area contributed by atoms with Crippen LogP contribution in [-0.4, -0.2) is 31.3 Å². The lowest BCUT2D eigenvalue weighted by molar-refractivity contribution is -0.121. The second-order valence-corrected chi connectivity index (χ2v) is 11.6.